The molecule has 0 spiro atoms. The zero-order chi connectivity index (χ0) is 17.1. The molecule has 1 amide bonds. The van der Waals surface area contributed by atoms with E-state index in [1.54, 1.807) is 24.5 Å². The highest BCUT2D eigenvalue weighted by atomic mass is 32.1. The van der Waals surface area contributed by atoms with Crippen LogP contribution in [0.5, 0.6) is 11.5 Å². The number of benzene rings is 1. The van der Waals surface area contributed by atoms with Crippen LogP contribution < -0.4 is 9.47 Å². The van der Waals surface area contributed by atoms with E-state index < -0.39 is 0 Å². The van der Waals surface area contributed by atoms with Crippen molar-refractivity contribution in [1.82, 2.24) is 9.88 Å². The molecule has 2 aromatic rings. The second-order valence-corrected chi connectivity index (χ2v) is 6.40. The van der Waals surface area contributed by atoms with Crippen LogP contribution >= 0.6 is 11.3 Å². The summed E-state index contributed by atoms with van der Waals surface area (Å²) < 4.78 is 16.0. The molecule has 2 heterocycles. The number of rotatable bonds is 4. The van der Waals surface area contributed by atoms with Crippen LogP contribution in [0.15, 0.2) is 23.6 Å². The fourth-order valence-electron chi connectivity index (χ4n) is 2.64. The molecule has 1 aromatic carbocycles. The lowest BCUT2D eigenvalue weighted by atomic mass is 10.2. The van der Waals surface area contributed by atoms with Crippen molar-refractivity contribution in [2.24, 2.45) is 0 Å². The lowest BCUT2D eigenvalue weighted by Crippen LogP contribution is -2.44. The topological polar surface area (TPSA) is 60.9 Å². The second-order valence-electron chi connectivity index (χ2n) is 5.54. The zero-order valence-electron chi connectivity index (χ0n) is 13.9. The van der Waals surface area contributed by atoms with Crippen LogP contribution in [-0.4, -0.2) is 55.8 Å². The normalized spacial score (nSPS) is 17.6. The first-order valence-corrected chi connectivity index (χ1v) is 8.59. The maximum absolute atomic E-state index is 12.6. The Balaban J connectivity index is 1.81. The molecule has 6 nitrogen and oxygen atoms in total. The molecule has 1 saturated heterocycles. The van der Waals surface area contributed by atoms with Gasteiger partial charge in [0.05, 0.1) is 26.9 Å². The minimum atomic E-state index is -0.0480. The Hall–Kier alpha value is -2.12. The molecule has 0 N–H and O–H groups in total. The molecule has 0 bridgehead atoms. The Morgan fingerprint density at radius 1 is 1.33 bits per heavy atom. The van der Waals surface area contributed by atoms with Gasteiger partial charge in [0.2, 0.25) is 0 Å². The Morgan fingerprint density at radius 3 is 2.83 bits per heavy atom. The Labute approximate surface area is 145 Å². The predicted molar refractivity (Wildman–Crippen MR) is 92.0 cm³/mol. The van der Waals surface area contributed by atoms with E-state index in [9.17, 15) is 4.79 Å². The largest absolute Gasteiger partial charge is 0.493 e. The molecule has 7 heteroatoms. The highest BCUT2D eigenvalue weighted by molar-refractivity contribution is 7.13. The lowest BCUT2D eigenvalue weighted by molar-refractivity contribution is -0.0126. The van der Waals surface area contributed by atoms with Crippen molar-refractivity contribution in [3.63, 3.8) is 0 Å². The van der Waals surface area contributed by atoms with Crippen LogP contribution in [0.4, 0.5) is 0 Å². The fourth-order valence-corrected chi connectivity index (χ4v) is 3.43. The molecule has 0 radical (unpaired) electrons. The third-order valence-electron chi connectivity index (χ3n) is 3.88. The standard InChI is InChI=1S/C17H20N2O4S/c1-11-9-19(6-7-23-11)17(20)13-10-24-16(18-13)12-4-5-14(21-2)15(8-12)22-3/h4-5,8,10-11H,6-7,9H2,1-3H3/t11-/m0/s1. The van der Waals surface area contributed by atoms with Crippen molar-refractivity contribution in [2.75, 3.05) is 33.9 Å². The van der Waals surface area contributed by atoms with Crippen LogP contribution in [0.1, 0.15) is 17.4 Å². The third-order valence-corrected chi connectivity index (χ3v) is 4.77. The zero-order valence-corrected chi connectivity index (χ0v) is 14.8. The number of thiazole rings is 1. The van der Waals surface area contributed by atoms with Crippen LogP contribution in [0.25, 0.3) is 10.6 Å². The van der Waals surface area contributed by atoms with Gasteiger partial charge in [-0.1, -0.05) is 0 Å². The van der Waals surface area contributed by atoms with Crippen LogP contribution in [0, 0.1) is 0 Å². The van der Waals surface area contributed by atoms with E-state index in [1.807, 2.05) is 25.1 Å². The van der Waals surface area contributed by atoms with E-state index >= 15 is 0 Å². The van der Waals surface area contributed by atoms with Crippen molar-refractivity contribution >= 4 is 17.2 Å². The molecule has 1 aromatic heterocycles. The molecule has 128 valence electrons. The smallest absolute Gasteiger partial charge is 0.273 e. The number of hydrogen-bond acceptors (Lipinski definition) is 6. The van der Waals surface area contributed by atoms with Crippen LogP contribution in [-0.2, 0) is 4.74 Å². The molecule has 1 atom stereocenters. The first-order valence-electron chi connectivity index (χ1n) is 7.71. The summed E-state index contributed by atoms with van der Waals surface area (Å²) in [6.45, 7) is 3.74. The van der Waals surface area contributed by atoms with Gasteiger partial charge in [0.1, 0.15) is 10.7 Å². The monoisotopic (exact) mass is 348 g/mol. The summed E-state index contributed by atoms with van der Waals surface area (Å²) in [5, 5.41) is 2.58. The minimum absolute atomic E-state index is 0.0480. The van der Waals surface area contributed by atoms with Crippen LogP contribution in [0.3, 0.4) is 0 Å². The third kappa shape index (κ3) is 3.37. The highest BCUT2D eigenvalue weighted by Crippen LogP contribution is 2.33. The number of aromatic nitrogens is 1. The average molecular weight is 348 g/mol. The number of morpholine rings is 1. The summed E-state index contributed by atoms with van der Waals surface area (Å²) >= 11 is 1.44. The molecular formula is C17H20N2O4S. The van der Waals surface area contributed by atoms with E-state index in [4.69, 9.17) is 14.2 Å². The quantitative estimate of drug-likeness (QED) is 0.850. The molecule has 1 fully saturated rings. The number of hydrogen-bond donors (Lipinski definition) is 0. The summed E-state index contributed by atoms with van der Waals surface area (Å²) in [6, 6.07) is 5.61. The SMILES string of the molecule is COc1ccc(-c2nc(C(=O)N3CCO[C@@H](C)C3)cs2)cc1OC. The van der Waals surface area contributed by atoms with Gasteiger partial charge >= 0.3 is 0 Å². The Kier molecular flexibility index (Phi) is 5.01. The summed E-state index contributed by atoms with van der Waals surface area (Å²) in [7, 11) is 3.19. The molecule has 24 heavy (non-hydrogen) atoms. The Bertz CT molecular complexity index is 731. The molecule has 3 rings (SSSR count). The Morgan fingerprint density at radius 2 is 2.12 bits per heavy atom. The van der Waals surface area contributed by atoms with E-state index in [-0.39, 0.29) is 12.0 Å². The number of amides is 1. The number of methoxy groups -OCH3 is 2. The van der Waals surface area contributed by atoms with Crippen molar-refractivity contribution in [3.8, 4) is 22.1 Å². The van der Waals surface area contributed by atoms with E-state index in [2.05, 4.69) is 4.98 Å². The van der Waals surface area contributed by atoms with Gasteiger partial charge in [0, 0.05) is 24.0 Å². The van der Waals surface area contributed by atoms with Gasteiger partial charge in [-0.3, -0.25) is 4.79 Å². The van der Waals surface area contributed by atoms with Crippen molar-refractivity contribution in [2.45, 2.75) is 13.0 Å². The maximum atomic E-state index is 12.6. The summed E-state index contributed by atoms with van der Waals surface area (Å²) in [4.78, 5) is 18.9. The summed E-state index contributed by atoms with van der Waals surface area (Å²) in [5.74, 6) is 1.25. The van der Waals surface area contributed by atoms with Crippen molar-refractivity contribution in [3.05, 3.63) is 29.3 Å². The summed E-state index contributed by atoms with van der Waals surface area (Å²) in [5.41, 5.74) is 1.37. The highest BCUT2D eigenvalue weighted by Gasteiger charge is 2.24. The van der Waals surface area contributed by atoms with Gasteiger partial charge in [-0.15, -0.1) is 11.3 Å². The number of carbonyl (C=O) groups excluding carboxylic acids is 1. The predicted octanol–water partition coefficient (Wildman–Crippen LogP) is 2.69. The number of nitrogens with zero attached hydrogens (tertiary/aromatic N) is 2. The van der Waals surface area contributed by atoms with E-state index in [0.29, 0.717) is 36.9 Å². The number of carbonyl (C=O) groups is 1. The molecule has 0 saturated carbocycles. The van der Waals surface area contributed by atoms with Gasteiger partial charge in [0.25, 0.3) is 5.91 Å². The average Bonchev–Trinajstić information content (AvgIpc) is 3.10. The van der Waals surface area contributed by atoms with Gasteiger partial charge < -0.3 is 19.1 Å². The second kappa shape index (κ2) is 7.19. The molecule has 0 unspecified atom stereocenters. The maximum Gasteiger partial charge on any atom is 0.273 e. The van der Waals surface area contributed by atoms with Crippen molar-refractivity contribution in [1.29, 1.82) is 0 Å². The fraction of sp³-hybridized carbons (Fsp3) is 0.412. The molecule has 0 aliphatic carbocycles. The van der Waals surface area contributed by atoms with Gasteiger partial charge in [-0.2, -0.15) is 0 Å². The number of ether oxygens (including phenoxy) is 3. The lowest BCUT2D eigenvalue weighted by Gasteiger charge is -2.30. The van der Waals surface area contributed by atoms with E-state index in [1.165, 1.54) is 11.3 Å². The molecular weight excluding hydrogens is 328 g/mol. The van der Waals surface area contributed by atoms with Crippen LogP contribution in [0.2, 0.25) is 0 Å². The molecule has 1 aliphatic heterocycles. The van der Waals surface area contributed by atoms with Gasteiger partial charge in [0.15, 0.2) is 11.5 Å². The molecule has 1 aliphatic rings. The van der Waals surface area contributed by atoms with Crippen molar-refractivity contribution < 1.29 is 19.0 Å². The van der Waals surface area contributed by atoms with E-state index in [0.717, 1.165) is 10.6 Å². The van der Waals surface area contributed by atoms with Gasteiger partial charge in [-0.25, -0.2) is 4.98 Å². The first kappa shape index (κ1) is 16.7. The minimum Gasteiger partial charge on any atom is -0.493 e. The summed E-state index contributed by atoms with van der Waals surface area (Å²) in [6.07, 6.45) is 0.0617. The van der Waals surface area contributed by atoms with Gasteiger partial charge in [-0.05, 0) is 25.1 Å². The first-order chi connectivity index (χ1) is 11.6.